The highest BCUT2D eigenvalue weighted by atomic mass is 16.6. The number of amides is 1. The van der Waals surface area contributed by atoms with Gasteiger partial charge in [-0.1, -0.05) is 20.3 Å². The summed E-state index contributed by atoms with van der Waals surface area (Å²) < 4.78 is 5.33. The summed E-state index contributed by atoms with van der Waals surface area (Å²) in [4.78, 5) is 23.8. The van der Waals surface area contributed by atoms with Gasteiger partial charge in [-0.25, -0.2) is 4.79 Å². The minimum atomic E-state index is -0.616. The summed E-state index contributed by atoms with van der Waals surface area (Å²) >= 11 is 0. The van der Waals surface area contributed by atoms with E-state index in [-0.39, 0.29) is 18.2 Å². The molecule has 0 saturated carbocycles. The van der Waals surface area contributed by atoms with Crippen LogP contribution in [0.5, 0.6) is 0 Å². The normalized spacial score (nSPS) is 14.1. The molecular formula is C15H25NO3. The van der Waals surface area contributed by atoms with E-state index >= 15 is 0 Å². The first kappa shape index (κ1) is 17.5. The molecule has 4 heteroatoms. The highest BCUT2D eigenvalue weighted by molar-refractivity contribution is 5.84. The number of carbonyl (C=O) groups is 2. The smallest absolute Gasteiger partial charge is 0.329 e. The molecule has 1 N–H and O–H groups in total. The zero-order valence-electron chi connectivity index (χ0n) is 12.6. The van der Waals surface area contributed by atoms with Crippen molar-refractivity contribution in [2.75, 3.05) is 0 Å². The molecule has 0 bridgehead atoms. The van der Waals surface area contributed by atoms with Crippen LogP contribution in [-0.2, 0) is 14.3 Å². The molecule has 0 aromatic rings. The molecule has 0 fully saturated rings. The maximum Gasteiger partial charge on any atom is 0.329 e. The molecule has 0 radical (unpaired) electrons. The molecule has 108 valence electrons. The van der Waals surface area contributed by atoms with Gasteiger partial charge in [0, 0.05) is 12.8 Å². The Hall–Kier alpha value is -1.50. The van der Waals surface area contributed by atoms with Crippen molar-refractivity contribution in [2.24, 2.45) is 5.92 Å². The topological polar surface area (TPSA) is 55.4 Å². The van der Waals surface area contributed by atoms with Crippen LogP contribution in [0.3, 0.4) is 0 Å². The third kappa shape index (κ3) is 7.50. The van der Waals surface area contributed by atoms with Crippen molar-refractivity contribution in [2.45, 2.75) is 65.5 Å². The second-order valence-corrected chi connectivity index (χ2v) is 5.67. The second-order valence-electron chi connectivity index (χ2n) is 5.67. The Balaban J connectivity index is 4.69. The molecule has 2 atom stereocenters. The van der Waals surface area contributed by atoms with E-state index in [0.29, 0.717) is 6.42 Å². The lowest BCUT2D eigenvalue weighted by Gasteiger charge is -2.27. The number of hydrogen-bond acceptors (Lipinski definition) is 3. The van der Waals surface area contributed by atoms with Gasteiger partial charge < -0.3 is 10.1 Å². The number of terminal acetylenes is 1. The van der Waals surface area contributed by atoms with Crippen LogP contribution in [0.25, 0.3) is 0 Å². The summed E-state index contributed by atoms with van der Waals surface area (Å²) in [6, 6.07) is -0.616. The second kappa shape index (κ2) is 7.83. The molecule has 0 aliphatic carbocycles. The van der Waals surface area contributed by atoms with Crippen LogP contribution in [0.2, 0.25) is 0 Å². The Kier molecular flexibility index (Phi) is 7.21. The molecule has 0 aromatic heterocycles. The average Bonchev–Trinajstić information content (AvgIpc) is 2.30. The van der Waals surface area contributed by atoms with E-state index in [2.05, 4.69) is 11.2 Å². The maximum atomic E-state index is 12.1. The van der Waals surface area contributed by atoms with Crippen molar-refractivity contribution < 1.29 is 14.3 Å². The Morgan fingerprint density at radius 3 is 2.37 bits per heavy atom. The molecule has 4 nitrogen and oxygen atoms in total. The maximum absolute atomic E-state index is 12.1. The van der Waals surface area contributed by atoms with Crippen LogP contribution in [0.4, 0.5) is 0 Å². The van der Waals surface area contributed by atoms with E-state index in [1.807, 2.05) is 13.8 Å². The number of hydrogen-bond donors (Lipinski definition) is 1. The number of rotatable bonds is 6. The SMILES string of the molecule is C#CCCC(=O)N[C@H](C(=O)OC(C)(C)C)[C@@H](C)CC. The zero-order valence-corrected chi connectivity index (χ0v) is 12.6. The molecule has 0 aliphatic rings. The lowest BCUT2D eigenvalue weighted by Crippen LogP contribution is -2.47. The molecule has 0 rings (SSSR count). The van der Waals surface area contributed by atoms with Gasteiger partial charge >= 0.3 is 5.97 Å². The summed E-state index contributed by atoms with van der Waals surface area (Å²) in [5.41, 5.74) is -0.563. The lowest BCUT2D eigenvalue weighted by atomic mass is 9.98. The molecule has 19 heavy (non-hydrogen) atoms. The quantitative estimate of drug-likeness (QED) is 0.593. The van der Waals surface area contributed by atoms with Crippen molar-refractivity contribution in [3.8, 4) is 12.3 Å². The Morgan fingerprint density at radius 1 is 1.37 bits per heavy atom. The first-order valence-corrected chi connectivity index (χ1v) is 6.67. The van der Waals surface area contributed by atoms with E-state index in [4.69, 9.17) is 11.2 Å². The summed E-state index contributed by atoms with van der Waals surface area (Å²) in [6.45, 7) is 9.29. The van der Waals surface area contributed by atoms with Crippen LogP contribution in [0.15, 0.2) is 0 Å². The van der Waals surface area contributed by atoms with Crippen LogP contribution < -0.4 is 5.32 Å². The van der Waals surface area contributed by atoms with Gasteiger partial charge in [-0.2, -0.15) is 0 Å². The summed E-state index contributed by atoms with van der Waals surface area (Å²) in [6.07, 6.45) is 6.49. The molecule has 0 aromatic carbocycles. The van der Waals surface area contributed by atoms with Crippen LogP contribution >= 0.6 is 0 Å². The first-order chi connectivity index (χ1) is 8.71. The fraction of sp³-hybridized carbons (Fsp3) is 0.733. The van der Waals surface area contributed by atoms with E-state index in [1.54, 1.807) is 20.8 Å². The van der Waals surface area contributed by atoms with E-state index in [0.717, 1.165) is 6.42 Å². The van der Waals surface area contributed by atoms with Gasteiger partial charge in [0.25, 0.3) is 0 Å². The molecule has 0 unspecified atom stereocenters. The van der Waals surface area contributed by atoms with Crippen molar-refractivity contribution in [3.63, 3.8) is 0 Å². The Bertz CT molecular complexity index is 349. The number of carbonyl (C=O) groups excluding carboxylic acids is 2. The Labute approximate surface area is 116 Å². The van der Waals surface area contributed by atoms with Gasteiger partial charge in [0.15, 0.2) is 0 Å². The zero-order chi connectivity index (χ0) is 15.1. The first-order valence-electron chi connectivity index (χ1n) is 6.67. The molecule has 1 amide bonds. The molecule has 0 spiro atoms. The van der Waals surface area contributed by atoms with Gasteiger partial charge in [0.05, 0.1) is 0 Å². The van der Waals surface area contributed by atoms with Gasteiger partial charge in [-0.3, -0.25) is 4.79 Å². The van der Waals surface area contributed by atoms with E-state index in [1.165, 1.54) is 0 Å². The minimum Gasteiger partial charge on any atom is -0.458 e. The largest absolute Gasteiger partial charge is 0.458 e. The number of ether oxygens (including phenoxy) is 1. The standard InChI is InChI=1S/C15H25NO3/c1-7-9-10-12(17)16-13(11(3)8-2)14(18)19-15(4,5)6/h1,11,13H,8-10H2,2-6H3,(H,16,17)/t11-,13-/m0/s1. The predicted octanol–water partition coefficient (Wildman–Crippen LogP) is 2.27. The highest BCUT2D eigenvalue weighted by Crippen LogP contribution is 2.15. The van der Waals surface area contributed by atoms with Gasteiger partial charge in [-0.05, 0) is 26.7 Å². The summed E-state index contributed by atoms with van der Waals surface area (Å²) in [5.74, 6) is 1.82. The molecule has 0 heterocycles. The summed E-state index contributed by atoms with van der Waals surface area (Å²) in [5, 5.41) is 2.72. The van der Waals surface area contributed by atoms with Crippen LogP contribution in [-0.4, -0.2) is 23.5 Å². The van der Waals surface area contributed by atoms with Crippen molar-refractivity contribution in [3.05, 3.63) is 0 Å². The third-order valence-corrected chi connectivity index (χ3v) is 2.69. The van der Waals surface area contributed by atoms with Gasteiger partial charge in [0.1, 0.15) is 11.6 Å². The average molecular weight is 267 g/mol. The minimum absolute atomic E-state index is 0.0182. The third-order valence-electron chi connectivity index (χ3n) is 2.69. The molecule has 0 aliphatic heterocycles. The number of nitrogens with one attached hydrogen (secondary N) is 1. The number of esters is 1. The van der Waals surface area contributed by atoms with Gasteiger partial charge in [0.2, 0.25) is 5.91 Å². The van der Waals surface area contributed by atoms with E-state index < -0.39 is 17.6 Å². The monoisotopic (exact) mass is 267 g/mol. The fourth-order valence-corrected chi connectivity index (χ4v) is 1.47. The van der Waals surface area contributed by atoms with Crippen molar-refractivity contribution in [1.29, 1.82) is 0 Å². The molecular weight excluding hydrogens is 242 g/mol. The summed E-state index contributed by atoms with van der Waals surface area (Å²) in [7, 11) is 0. The van der Waals surface area contributed by atoms with Crippen LogP contribution in [0, 0.1) is 18.3 Å². The predicted molar refractivity (Wildman–Crippen MR) is 75.3 cm³/mol. The lowest BCUT2D eigenvalue weighted by molar-refractivity contribution is -0.160. The van der Waals surface area contributed by atoms with Crippen molar-refractivity contribution in [1.82, 2.24) is 5.32 Å². The van der Waals surface area contributed by atoms with Crippen molar-refractivity contribution >= 4 is 11.9 Å². The fourth-order valence-electron chi connectivity index (χ4n) is 1.47. The van der Waals surface area contributed by atoms with Crippen LogP contribution in [0.1, 0.15) is 53.9 Å². The van der Waals surface area contributed by atoms with E-state index in [9.17, 15) is 9.59 Å². The van der Waals surface area contributed by atoms with Gasteiger partial charge in [-0.15, -0.1) is 12.3 Å². The highest BCUT2D eigenvalue weighted by Gasteiger charge is 2.30. The molecule has 0 saturated heterocycles. The Morgan fingerprint density at radius 2 is 1.95 bits per heavy atom.